The van der Waals surface area contributed by atoms with Gasteiger partial charge in [-0.15, -0.1) is 0 Å². The average molecular weight is 2400 g/mol. The Morgan fingerprint density at radius 3 is 1.06 bits per heavy atom. The number of esters is 1. The SMILES string of the molecule is CC(C)(C)OC(=O)N1CCN(c2cncc(-c3cnc(N)c(OC(c4cc(F)ccc4Cl)C(F)(F)F)c3)c2)CC1.COC(=O)c1cc(F)ccc1Cl.Fc1ccc(Cl)c(C(Br)C(F)(F)F)c1.Nc1ncc(-c2cncc(N3CCNCC3)c2)cc1OC(c1cc(F)ccc1Cl)C(F)(F)F.Nc1ncc(Br)cc1OC(c1cc(F)ccc1Cl)C(F)(F)F.O=C(c1cc(F)ccc1Cl)C(F)(F)F.OC(c1cc(F)ccc1Cl)C(F)(F)F. The Balaban J connectivity index is 0.000000223. The van der Waals surface area contributed by atoms with Crippen LogP contribution >= 0.6 is 113 Å². The molecule has 5 atom stereocenters. The van der Waals surface area contributed by atoms with Gasteiger partial charge >= 0.3 is 49.1 Å². The number of piperazine rings is 2. The van der Waals surface area contributed by atoms with Crippen LogP contribution in [0.25, 0.3) is 22.3 Å². The van der Waals surface area contributed by atoms with E-state index in [4.69, 9.17) is 122 Å². The summed E-state index contributed by atoms with van der Waals surface area (Å²) in [6.07, 6.45) is -29.1. The first-order chi connectivity index (χ1) is 69.2. The molecule has 5 aromatic heterocycles. The Bertz CT molecular complexity index is 6570. The van der Waals surface area contributed by atoms with E-state index in [-0.39, 0.29) is 82.1 Å². The third-order valence-corrected chi connectivity index (χ3v) is 23.5. The number of anilines is 5. The summed E-state index contributed by atoms with van der Waals surface area (Å²) >= 11 is 44.8. The van der Waals surface area contributed by atoms with Crippen molar-refractivity contribution in [2.45, 2.75) is 92.7 Å². The van der Waals surface area contributed by atoms with Crippen molar-refractivity contribution in [1.29, 1.82) is 0 Å². The number of hydrogen-bond acceptors (Lipinski definition) is 20. The molecule has 7 heterocycles. The zero-order valence-corrected chi connectivity index (χ0v) is 84.4. The third-order valence-electron chi connectivity index (χ3n) is 19.7. The van der Waals surface area contributed by atoms with Crippen LogP contribution in [-0.4, -0.2) is 155 Å². The highest BCUT2D eigenvalue weighted by Gasteiger charge is 2.49. The van der Waals surface area contributed by atoms with Gasteiger partial charge in [-0.3, -0.25) is 14.8 Å². The number of rotatable bonds is 17. The van der Waals surface area contributed by atoms with E-state index in [9.17, 15) is 124 Å². The molecule has 2 fully saturated rings. The maximum atomic E-state index is 14.0. The molecule has 2 aliphatic rings. The van der Waals surface area contributed by atoms with Crippen LogP contribution in [0.1, 0.15) is 98.5 Å². The van der Waals surface area contributed by atoms with Gasteiger partial charge in [-0.1, -0.05) is 97.1 Å². The molecule has 0 radical (unpaired) electrons. The molecule has 1 amide bonds. The summed E-state index contributed by atoms with van der Waals surface area (Å²) in [5.41, 5.74) is 16.7. The number of pyridine rings is 5. The number of nitrogens with zero attached hydrogens (tertiary/aromatic N) is 8. The van der Waals surface area contributed by atoms with Crippen LogP contribution < -0.4 is 46.5 Å². The molecule has 7 aromatic carbocycles. The summed E-state index contributed by atoms with van der Waals surface area (Å²) in [6.45, 7) is 10.7. The van der Waals surface area contributed by atoms with Gasteiger partial charge in [0.2, 0.25) is 18.3 Å². The zero-order valence-electron chi connectivity index (χ0n) is 76.0. The van der Waals surface area contributed by atoms with E-state index in [0.717, 1.165) is 122 Å². The standard InChI is InChI=1S/C27H28ClF4N5O3.C22H20ClF4N5O.C13H8BrClF4N2O.C8H4BrClF4.C8H5ClF4O.C8H3ClF4O.C8H6ClFO2/c1-26(2,3)40-25(38)37-8-6-36(7-9-37)19-10-16(13-34-15-19)17-11-22(24(33)35-14-17)39-23(27(30,31)32)20-12-18(29)4-5-21(20)28;23-18-2-1-15(24)9-17(18)20(22(25,26)27)33-19-8-14(11-31-21(19)28)13-7-16(12-30-10-13)32-5-3-29-4-6-32;14-6-3-10(12(20)21-5-6)22-11(13(17,18)19)8-4-7(16)1-2-9(8)15;9-7(8(12,13)14)5-3-4(11)1-2-6(5)10;2*9-6-2-1-4(10)3-5(6)7(14)8(11,12)13;1-12-8(11)6-4-5(10)2-3-7(6)9/h4-5,10-15,23H,6-9H2,1-3H3,(H2,33,35);1-2,7-12,20,29H,3-6H2,(H2,28,31);1-5,11H,(H2,20,21);1-3,7H;1-3,7,14H;1-3H;2-4H,1H3. The summed E-state index contributed by atoms with van der Waals surface area (Å²) in [6, 6.07) is 26.6. The van der Waals surface area contributed by atoms with E-state index in [1.165, 1.54) is 62.2 Å². The van der Waals surface area contributed by atoms with Crippen LogP contribution in [0.4, 0.5) is 143 Å². The summed E-state index contributed by atoms with van der Waals surface area (Å²) in [4.78, 5) is 58.0. The van der Waals surface area contributed by atoms with Gasteiger partial charge in [0.1, 0.15) is 51.1 Å². The van der Waals surface area contributed by atoms with Gasteiger partial charge in [0, 0.05) is 163 Å². The van der Waals surface area contributed by atoms with Gasteiger partial charge in [-0.05, 0) is 200 Å². The van der Waals surface area contributed by atoms with Crippen molar-refractivity contribution < 1.29 is 153 Å². The number of halogens is 34. The Morgan fingerprint density at radius 2 is 0.705 bits per heavy atom. The zero-order chi connectivity index (χ0) is 111. The lowest BCUT2D eigenvalue weighted by atomic mass is 10.1. The van der Waals surface area contributed by atoms with Crippen LogP contribution in [0.15, 0.2) is 206 Å². The van der Waals surface area contributed by atoms with Gasteiger partial charge in [0.25, 0.3) is 5.78 Å². The van der Waals surface area contributed by atoms with Crippen LogP contribution in [0, 0.1) is 40.7 Å². The molecule has 55 heteroatoms. The number of aliphatic hydroxyl groups excluding tert-OH is 1. The molecule has 21 nitrogen and oxygen atoms in total. The Hall–Kier alpha value is -11.7. The highest BCUT2D eigenvalue weighted by molar-refractivity contribution is 9.10. The number of ketones is 1. The van der Waals surface area contributed by atoms with Crippen molar-refractivity contribution in [2.24, 2.45) is 0 Å². The van der Waals surface area contributed by atoms with Crippen molar-refractivity contribution >= 4 is 160 Å². The molecular weight excluding hydrogens is 2320 g/mol. The monoisotopic (exact) mass is 2390 g/mol. The lowest BCUT2D eigenvalue weighted by Gasteiger charge is -2.36. The highest BCUT2D eigenvalue weighted by atomic mass is 79.9. The molecule has 12 aromatic rings. The maximum absolute atomic E-state index is 14.0. The number of nitrogen functional groups attached to an aromatic ring is 3. The molecule has 0 spiro atoms. The molecule has 0 bridgehead atoms. The number of ether oxygens (including phenoxy) is 5. The summed E-state index contributed by atoms with van der Waals surface area (Å²) in [5.74, 6) is -10.2. The fourth-order valence-corrected chi connectivity index (χ4v) is 15.0. The van der Waals surface area contributed by atoms with E-state index < -0.39 is 157 Å². The molecule has 2 saturated heterocycles. The van der Waals surface area contributed by atoms with E-state index in [2.05, 4.69) is 71.7 Å². The largest absolute Gasteiger partial charge is 0.472 e. The number of carbonyl (C=O) groups excluding carboxylic acids is 3. The van der Waals surface area contributed by atoms with Gasteiger partial charge in [0.15, 0.2) is 40.8 Å². The first kappa shape index (κ1) is 122. The lowest BCUT2D eigenvalue weighted by Crippen LogP contribution is -2.50. The number of Topliss-reactive ketones (excluding diaryl/α,β-unsaturated/α-hetero) is 1. The third kappa shape index (κ3) is 36.5. The van der Waals surface area contributed by atoms with Crippen LogP contribution in [-0.2, 0) is 9.47 Å². The summed E-state index contributed by atoms with van der Waals surface area (Å²) in [7, 11) is 1.21. The fraction of sp³-hybridized carbons (Fsp3) is 0.255. The summed E-state index contributed by atoms with van der Waals surface area (Å²) in [5, 5.41) is 10.5. The highest BCUT2D eigenvalue weighted by Crippen LogP contribution is 2.48. The van der Waals surface area contributed by atoms with Gasteiger partial charge in [-0.2, -0.15) is 79.0 Å². The van der Waals surface area contributed by atoms with Gasteiger partial charge in [-0.25, -0.2) is 55.3 Å². The minimum atomic E-state index is -5.04. The predicted octanol–water partition coefficient (Wildman–Crippen LogP) is 28.8. The maximum Gasteiger partial charge on any atom is 0.454 e. The number of alkyl halides is 19. The normalized spacial score (nSPS) is 13.9. The van der Waals surface area contributed by atoms with Crippen molar-refractivity contribution in [3.05, 3.63) is 320 Å². The minimum Gasteiger partial charge on any atom is -0.472 e. The van der Waals surface area contributed by atoms with Gasteiger partial charge in [0.05, 0.1) is 46.5 Å². The first-order valence-electron chi connectivity index (χ1n) is 41.7. The van der Waals surface area contributed by atoms with Crippen molar-refractivity contribution in [2.75, 3.05) is 86.5 Å². The van der Waals surface area contributed by atoms with Crippen LogP contribution in [0.3, 0.4) is 0 Å². The summed E-state index contributed by atoms with van der Waals surface area (Å²) < 4.78 is 348. The lowest BCUT2D eigenvalue weighted by molar-refractivity contribution is -0.206. The second-order valence-corrected chi connectivity index (χ2v) is 36.4. The molecular formula is C94H74Br2Cl7F25N12O9. The minimum absolute atomic E-state index is 0.0409. The van der Waals surface area contributed by atoms with Gasteiger partial charge < -0.3 is 66.0 Å². The van der Waals surface area contributed by atoms with Crippen molar-refractivity contribution in [3.63, 3.8) is 0 Å². The number of nitrogens with one attached hydrogen (secondary N) is 1. The number of methoxy groups -OCH3 is 1. The molecule has 2 aliphatic heterocycles. The number of hydrogen-bond donors (Lipinski definition) is 5. The molecule has 149 heavy (non-hydrogen) atoms. The van der Waals surface area contributed by atoms with Crippen molar-refractivity contribution in [1.82, 2.24) is 35.1 Å². The average Bonchev–Trinajstić information content (AvgIpc) is 0.797. The molecule has 0 saturated carbocycles. The molecule has 0 aliphatic carbocycles. The first-order valence-corrected chi connectivity index (χ1v) is 46.1. The van der Waals surface area contributed by atoms with Crippen molar-refractivity contribution in [3.8, 4) is 39.5 Å². The van der Waals surface area contributed by atoms with Crippen LogP contribution in [0.2, 0.25) is 35.2 Å². The number of nitrogens with two attached hydrogens (primary N) is 3. The topological polar surface area (TPSA) is 282 Å². The molecule has 14 rings (SSSR count). The van der Waals surface area contributed by atoms with E-state index in [1.807, 2.05) is 11.0 Å². The van der Waals surface area contributed by atoms with Crippen LogP contribution in [0.5, 0.6) is 17.2 Å². The fourth-order valence-electron chi connectivity index (χ4n) is 12.7. The molecule has 802 valence electrons. The second kappa shape index (κ2) is 52.8. The van der Waals surface area contributed by atoms with E-state index >= 15 is 0 Å². The van der Waals surface area contributed by atoms with E-state index in [1.54, 1.807) is 50.3 Å². The quantitative estimate of drug-likeness (QED) is 0.0245. The second-order valence-electron chi connectivity index (χ2n) is 31.7. The molecule has 8 N–H and O–H groups in total. The predicted molar refractivity (Wildman–Crippen MR) is 514 cm³/mol. The molecule has 5 unspecified atom stereocenters. The van der Waals surface area contributed by atoms with E-state index in [0.29, 0.717) is 83.2 Å². The number of amides is 1. The number of aromatic nitrogens is 5. The number of benzene rings is 7. The Kier molecular flexibility index (Phi) is 43.4. The Labute approximate surface area is 881 Å². The number of carbonyl (C=O) groups is 3. The number of aliphatic hydroxyl groups is 1. The Morgan fingerprint density at radius 1 is 0.389 bits per heavy atom. The smallest absolute Gasteiger partial charge is 0.454 e.